The lowest BCUT2D eigenvalue weighted by atomic mass is 10.1. The highest BCUT2D eigenvalue weighted by Crippen LogP contribution is 2.06. The summed E-state index contributed by atoms with van der Waals surface area (Å²) >= 11 is 0. The number of aliphatic carboxylic acids is 4. The van der Waals surface area contributed by atoms with E-state index in [4.69, 9.17) is 97.0 Å². The molecule has 0 aliphatic carbocycles. The molecular weight excluding hydrogens is 932 g/mol. The molecule has 0 aromatic rings. The lowest BCUT2D eigenvalue weighted by Gasteiger charge is -1.96. The van der Waals surface area contributed by atoms with Crippen molar-refractivity contribution >= 4 is 23.9 Å². The SMILES string of the molecule is CCCCCCCC(=O)O.CCCCCCCC(=O)O.CCCCCCCC(=O)O.CCCCCCCC(=O)O.OCC(O)CO.OCC(O)CO.OCC(O)CO.OCC(O)CO.OCC(O)CO. The molecule has 0 unspecified atom stereocenters. The summed E-state index contributed by atoms with van der Waals surface area (Å²) in [5, 5.41) is 153. The van der Waals surface area contributed by atoms with Gasteiger partial charge in [0.2, 0.25) is 0 Å². The third-order valence-corrected chi connectivity index (χ3v) is 8.08. The lowest BCUT2D eigenvalue weighted by molar-refractivity contribution is -0.138. The zero-order valence-electron chi connectivity index (χ0n) is 43.1. The molecule has 70 heavy (non-hydrogen) atoms. The first-order chi connectivity index (χ1) is 33.1. The summed E-state index contributed by atoms with van der Waals surface area (Å²) in [4.78, 5) is 40.1. The molecule has 0 saturated carbocycles. The Kier molecular flexibility index (Phi) is 103. The van der Waals surface area contributed by atoms with E-state index in [2.05, 4.69) is 27.7 Å². The van der Waals surface area contributed by atoms with Crippen molar-refractivity contribution in [3.05, 3.63) is 0 Å². The van der Waals surface area contributed by atoms with Gasteiger partial charge in [0.15, 0.2) is 0 Å². The van der Waals surface area contributed by atoms with Crippen LogP contribution in [0.3, 0.4) is 0 Å². The molecule has 0 spiro atoms. The zero-order chi connectivity index (χ0) is 56.2. The molecule has 430 valence electrons. The fourth-order valence-electron chi connectivity index (χ4n) is 3.81. The van der Waals surface area contributed by atoms with Crippen LogP contribution in [0.1, 0.15) is 182 Å². The van der Waals surface area contributed by atoms with Crippen LogP contribution in [-0.4, -0.2) is 217 Å². The molecule has 0 bridgehead atoms. The van der Waals surface area contributed by atoms with Gasteiger partial charge in [0.1, 0.15) is 30.5 Å². The van der Waals surface area contributed by atoms with Gasteiger partial charge in [-0.25, -0.2) is 0 Å². The molecular formula is C47H104O23. The van der Waals surface area contributed by atoms with Crippen LogP contribution >= 0.6 is 0 Å². The van der Waals surface area contributed by atoms with Gasteiger partial charge in [-0.2, -0.15) is 0 Å². The Balaban J connectivity index is -0.0000000863. The number of carbonyl (C=O) groups is 4. The molecule has 0 fully saturated rings. The second-order valence-electron chi connectivity index (χ2n) is 15.3. The largest absolute Gasteiger partial charge is 0.481 e. The molecule has 0 atom stereocenters. The summed E-state index contributed by atoms with van der Waals surface area (Å²) in [5.41, 5.74) is 0. The van der Waals surface area contributed by atoms with Gasteiger partial charge in [-0.15, -0.1) is 0 Å². The van der Waals surface area contributed by atoms with E-state index in [1.54, 1.807) is 0 Å². The summed E-state index contributed by atoms with van der Waals surface area (Å²) in [5.74, 6) is -2.68. The number of carboxylic acids is 4. The summed E-state index contributed by atoms with van der Waals surface area (Å²) in [6.45, 7) is 4.95. The van der Waals surface area contributed by atoms with E-state index >= 15 is 0 Å². The predicted molar refractivity (Wildman–Crippen MR) is 265 cm³/mol. The third kappa shape index (κ3) is 132. The minimum atomic E-state index is -0.954. The quantitative estimate of drug-likeness (QED) is 0.0405. The van der Waals surface area contributed by atoms with Crippen LogP contribution in [0.25, 0.3) is 0 Å². The molecule has 0 heterocycles. The first-order valence-corrected chi connectivity index (χ1v) is 24.5. The fourth-order valence-corrected chi connectivity index (χ4v) is 3.81. The van der Waals surface area contributed by atoms with Gasteiger partial charge in [0.25, 0.3) is 0 Å². The van der Waals surface area contributed by atoms with Crippen molar-refractivity contribution in [1.82, 2.24) is 0 Å². The molecule has 0 saturated heterocycles. The standard InChI is InChI=1S/4C8H16O2.5C3H8O3/c4*1-2-3-4-5-6-7-8(9)10;5*4-1-3(6)2-5/h4*2-7H2,1H3,(H,9,10);5*3-6H,1-2H2. The molecule has 19 N–H and O–H groups in total. The number of hydrogen-bond donors (Lipinski definition) is 19. The van der Waals surface area contributed by atoms with Gasteiger partial charge in [0.05, 0.1) is 66.1 Å². The maximum absolute atomic E-state index is 10.0. The Bertz CT molecular complexity index is 778. The van der Waals surface area contributed by atoms with Crippen LogP contribution in [0, 0.1) is 0 Å². The highest BCUT2D eigenvalue weighted by atomic mass is 16.4. The summed E-state index contributed by atoms with van der Waals surface area (Å²) in [6, 6.07) is 0. The second-order valence-corrected chi connectivity index (χ2v) is 15.3. The van der Waals surface area contributed by atoms with Crippen molar-refractivity contribution in [2.45, 2.75) is 212 Å². The number of carboxylic acid groups (broad SMARTS) is 4. The van der Waals surface area contributed by atoms with E-state index in [0.717, 1.165) is 51.4 Å². The maximum Gasteiger partial charge on any atom is 0.303 e. The van der Waals surface area contributed by atoms with Crippen molar-refractivity contribution < 1.29 is 116 Å². The highest BCUT2D eigenvalue weighted by molar-refractivity contribution is 5.67. The van der Waals surface area contributed by atoms with E-state index in [1.807, 2.05) is 0 Å². The van der Waals surface area contributed by atoms with Crippen LogP contribution < -0.4 is 0 Å². The van der Waals surface area contributed by atoms with Gasteiger partial charge >= 0.3 is 23.9 Å². The Labute approximate surface area is 417 Å². The van der Waals surface area contributed by atoms with E-state index < -0.39 is 54.4 Å². The molecule has 23 nitrogen and oxygen atoms in total. The van der Waals surface area contributed by atoms with Crippen LogP contribution in [0.4, 0.5) is 0 Å². The van der Waals surface area contributed by atoms with Crippen molar-refractivity contribution in [2.24, 2.45) is 0 Å². The van der Waals surface area contributed by atoms with Gasteiger partial charge in [-0.05, 0) is 25.7 Å². The Morgan fingerprint density at radius 1 is 0.243 bits per heavy atom. The smallest absolute Gasteiger partial charge is 0.303 e. The minimum Gasteiger partial charge on any atom is -0.481 e. The van der Waals surface area contributed by atoms with Gasteiger partial charge < -0.3 is 97.0 Å². The summed E-state index contributed by atoms with van der Waals surface area (Å²) < 4.78 is 0. The Hall–Kier alpha value is -2.72. The number of rotatable bonds is 34. The molecule has 0 aromatic carbocycles. The lowest BCUT2D eigenvalue weighted by Crippen LogP contribution is -2.15. The van der Waals surface area contributed by atoms with E-state index in [-0.39, 0.29) is 66.1 Å². The van der Waals surface area contributed by atoms with Crippen molar-refractivity contribution in [3.63, 3.8) is 0 Å². The number of aliphatic hydroxyl groups is 15. The Morgan fingerprint density at radius 2 is 0.357 bits per heavy atom. The van der Waals surface area contributed by atoms with Crippen LogP contribution in [0.15, 0.2) is 0 Å². The number of aliphatic hydroxyl groups excluding tert-OH is 15. The third-order valence-electron chi connectivity index (χ3n) is 8.08. The van der Waals surface area contributed by atoms with E-state index in [1.165, 1.54) is 77.0 Å². The average molecular weight is 1040 g/mol. The molecule has 0 amide bonds. The van der Waals surface area contributed by atoms with Crippen molar-refractivity contribution in [1.29, 1.82) is 0 Å². The zero-order valence-corrected chi connectivity index (χ0v) is 43.1. The minimum absolute atomic E-state index is 0.337. The summed E-state index contributed by atoms with van der Waals surface area (Å²) in [7, 11) is 0. The maximum atomic E-state index is 10.0. The first kappa shape index (κ1) is 87.0. The molecule has 0 aliphatic heterocycles. The van der Waals surface area contributed by atoms with Crippen LogP contribution in [0.5, 0.6) is 0 Å². The van der Waals surface area contributed by atoms with Gasteiger partial charge in [-0.1, -0.05) is 130 Å². The first-order valence-electron chi connectivity index (χ1n) is 24.5. The van der Waals surface area contributed by atoms with Crippen LogP contribution in [0.2, 0.25) is 0 Å². The fraction of sp³-hybridized carbons (Fsp3) is 0.915. The Morgan fingerprint density at radius 3 is 0.429 bits per heavy atom. The topological polar surface area (TPSA) is 453 Å². The summed E-state index contributed by atoms with van der Waals surface area (Å²) in [6.07, 6.45) is 18.8. The molecule has 0 rings (SSSR count). The predicted octanol–water partition coefficient (Wildman–Crippen LogP) is 1.39. The van der Waals surface area contributed by atoms with E-state index in [9.17, 15) is 19.2 Å². The van der Waals surface area contributed by atoms with Crippen LogP contribution in [-0.2, 0) is 19.2 Å². The van der Waals surface area contributed by atoms with E-state index in [0.29, 0.717) is 25.7 Å². The average Bonchev–Trinajstić information content (AvgIpc) is 3.35. The number of hydrogen-bond acceptors (Lipinski definition) is 19. The van der Waals surface area contributed by atoms with Crippen molar-refractivity contribution in [2.75, 3.05) is 66.1 Å². The molecule has 0 radical (unpaired) electrons. The monoisotopic (exact) mass is 1040 g/mol. The van der Waals surface area contributed by atoms with Crippen molar-refractivity contribution in [3.8, 4) is 0 Å². The highest BCUT2D eigenvalue weighted by Gasteiger charge is 1.99. The molecule has 0 aromatic heterocycles. The number of unbranched alkanes of at least 4 members (excludes halogenated alkanes) is 16. The van der Waals surface area contributed by atoms with Gasteiger partial charge in [-0.3, -0.25) is 19.2 Å². The molecule has 23 heteroatoms. The molecule has 0 aliphatic rings. The van der Waals surface area contributed by atoms with Gasteiger partial charge in [0, 0.05) is 25.7 Å². The second kappa shape index (κ2) is 83.2. The normalized spacial score (nSPS) is 9.83.